The molecule has 1 atom stereocenters. The minimum Gasteiger partial charge on any atom is -0.403 e. The Morgan fingerprint density at radius 2 is 1.62 bits per heavy atom. The third-order valence-electron chi connectivity index (χ3n) is 3.61. The second-order valence-electron chi connectivity index (χ2n) is 5.21. The second-order valence-corrected chi connectivity index (χ2v) is 6.37. The Kier molecular flexibility index (Phi) is 2.77. The summed E-state index contributed by atoms with van der Waals surface area (Å²) in [5, 5.41) is 1.40. The van der Waals surface area contributed by atoms with Crippen LogP contribution in [0.15, 0.2) is 24.3 Å². The molecule has 86 valence electrons. The molecule has 1 saturated heterocycles. The van der Waals surface area contributed by atoms with E-state index in [0.717, 1.165) is 10.2 Å². The van der Waals surface area contributed by atoms with E-state index < -0.39 is 0 Å². The van der Waals surface area contributed by atoms with Gasteiger partial charge in [0.25, 0.3) is 0 Å². The first-order valence-corrected chi connectivity index (χ1v) is 6.78. The lowest BCUT2D eigenvalue weighted by Crippen LogP contribution is -2.42. The minimum absolute atomic E-state index is 0.143. The first-order chi connectivity index (χ1) is 7.35. The smallest absolute Gasteiger partial charge is 0.403 e. The number of rotatable bonds is 1. The summed E-state index contributed by atoms with van der Waals surface area (Å²) in [4.78, 5) is 0. The van der Waals surface area contributed by atoms with Crippen molar-refractivity contribution >= 4 is 22.5 Å². The predicted octanol–water partition coefficient (Wildman–Crippen LogP) is 0.836. The number of hydrogen-bond acceptors (Lipinski definition) is 2. The van der Waals surface area contributed by atoms with Gasteiger partial charge in [-0.25, -0.2) is 0 Å². The van der Waals surface area contributed by atoms with Gasteiger partial charge < -0.3 is 9.31 Å². The summed E-state index contributed by atoms with van der Waals surface area (Å²) in [6.45, 7) is 8.24. The third-order valence-corrected chi connectivity index (χ3v) is 4.28. The van der Waals surface area contributed by atoms with Crippen LogP contribution >= 0.6 is 0 Å². The largest absolute Gasteiger partial charge is 0.454 e. The second kappa shape index (κ2) is 3.72. The van der Waals surface area contributed by atoms with E-state index in [1.165, 1.54) is 10.8 Å². The fraction of sp³-hybridized carbons (Fsp3) is 0.500. The maximum absolute atomic E-state index is 5.98. The molecule has 2 nitrogen and oxygen atoms in total. The highest BCUT2D eigenvalue weighted by Crippen LogP contribution is 2.44. The summed E-state index contributed by atoms with van der Waals surface area (Å²) in [5.41, 5.74) is 0.544. The van der Waals surface area contributed by atoms with Gasteiger partial charge in [-0.2, -0.15) is 0 Å². The third kappa shape index (κ3) is 1.75. The molecule has 0 N–H and O–H groups in total. The fourth-order valence-electron chi connectivity index (χ4n) is 2.31. The molecule has 0 saturated carbocycles. The Bertz CT molecular complexity index is 391. The Hall–Kier alpha value is -0.578. The molecule has 0 aromatic heterocycles. The molecule has 1 fully saturated rings. The highest BCUT2D eigenvalue weighted by molar-refractivity contribution is 6.43. The maximum Gasteiger partial charge on any atom is 0.454 e. The quantitative estimate of drug-likeness (QED) is 0.670. The van der Waals surface area contributed by atoms with Gasteiger partial charge in [0.15, 0.2) is 0 Å². The first-order valence-electron chi connectivity index (χ1n) is 5.78. The van der Waals surface area contributed by atoms with Crippen molar-refractivity contribution in [3.8, 4) is 0 Å². The van der Waals surface area contributed by atoms with Crippen LogP contribution in [0.3, 0.4) is 0 Å². The van der Waals surface area contributed by atoms with Crippen LogP contribution < -0.4 is 5.19 Å². The van der Waals surface area contributed by atoms with E-state index in [1.807, 2.05) is 6.82 Å². The van der Waals surface area contributed by atoms with Crippen LogP contribution in [0.25, 0.3) is 0 Å². The number of benzene rings is 1. The highest BCUT2D eigenvalue weighted by atomic mass is 28.1. The topological polar surface area (TPSA) is 18.5 Å². The van der Waals surface area contributed by atoms with E-state index in [2.05, 4.69) is 45.0 Å². The molecule has 16 heavy (non-hydrogen) atoms. The monoisotopic (exact) mass is 234 g/mol. The van der Waals surface area contributed by atoms with E-state index in [4.69, 9.17) is 9.31 Å². The molecule has 1 aliphatic heterocycles. The zero-order valence-corrected chi connectivity index (χ0v) is 12.7. The van der Waals surface area contributed by atoms with Gasteiger partial charge in [-0.05, 0) is 33.2 Å². The van der Waals surface area contributed by atoms with Crippen LogP contribution in [-0.4, -0.2) is 23.0 Å². The summed E-state index contributed by atoms with van der Waals surface area (Å²) in [7, 11) is 0.946. The molecular formula is C12H19BO2Si. The molecule has 1 heterocycles. The number of hydrogen-bond donors (Lipinski definition) is 0. The van der Waals surface area contributed by atoms with Crippen molar-refractivity contribution in [3.05, 3.63) is 29.8 Å². The molecule has 2 rings (SSSR count). The summed E-state index contributed by atoms with van der Waals surface area (Å²) in [6.07, 6.45) is 0. The molecule has 1 aromatic carbocycles. The van der Waals surface area contributed by atoms with Crippen LogP contribution in [0, 0.1) is 0 Å². The van der Waals surface area contributed by atoms with E-state index in [-0.39, 0.29) is 18.3 Å². The summed E-state index contributed by atoms with van der Waals surface area (Å²) >= 11 is 0. The van der Waals surface area contributed by atoms with Crippen molar-refractivity contribution in [1.82, 2.24) is 0 Å². The van der Waals surface area contributed by atoms with Crippen molar-refractivity contribution in [2.45, 2.75) is 38.8 Å². The maximum atomic E-state index is 5.98. The van der Waals surface area contributed by atoms with Crippen LogP contribution in [0.4, 0.5) is 0 Å². The normalized spacial score (nSPS) is 28.6. The lowest BCUT2D eigenvalue weighted by atomic mass is 9.81. The van der Waals surface area contributed by atoms with Gasteiger partial charge in [0.1, 0.15) is 5.60 Å². The first kappa shape index (κ1) is 11.9. The van der Waals surface area contributed by atoms with Gasteiger partial charge in [0.2, 0.25) is 0 Å². The highest BCUT2D eigenvalue weighted by Gasteiger charge is 2.53. The Morgan fingerprint density at radius 3 is 2.06 bits per heavy atom. The molecule has 1 aliphatic rings. The zero-order chi connectivity index (χ0) is 12.0. The Morgan fingerprint density at radius 1 is 1.06 bits per heavy atom. The molecule has 0 aliphatic carbocycles. The molecule has 1 unspecified atom stereocenters. The summed E-state index contributed by atoms with van der Waals surface area (Å²) < 4.78 is 11.8. The van der Waals surface area contributed by atoms with Gasteiger partial charge in [0, 0.05) is 10.2 Å². The standard InChI is InChI=1S/C12H19BO2Si/c1-11(2)12(3,15-13(4)14-11)9-5-7-10(16)8-6-9/h5-8H,1-4,16H3. The fourth-order valence-corrected chi connectivity index (χ4v) is 2.65. The Balaban J connectivity index is 2.42. The molecule has 0 bridgehead atoms. The van der Waals surface area contributed by atoms with Gasteiger partial charge in [-0.15, -0.1) is 0 Å². The lowest BCUT2D eigenvalue weighted by molar-refractivity contribution is -0.0133. The SMILES string of the molecule is CB1OC(C)(C)C(C)(c2ccc([SiH3])cc2)O1. The molecular weight excluding hydrogens is 215 g/mol. The predicted molar refractivity (Wildman–Crippen MR) is 71.2 cm³/mol. The van der Waals surface area contributed by atoms with Gasteiger partial charge in [-0.1, -0.05) is 29.5 Å². The molecule has 0 spiro atoms. The van der Waals surface area contributed by atoms with E-state index in [9.17, 15) is 0 Å². The summed E-state index contributed by atoms with van der Waals surface area (Å²) in [6, 6.07) is 8.67. The average Bonchev–Trinajstić information content (AvgIpc) is 2.37. The van der Waals surface area contributed by atoms with Crippen molar-refractivity contribution in [2.24, 2.45) is 0 Å². The van der Waals surface area contributed by atoms with Crippen LogP contribution in [0.2, 0.25) is 6.82 Å². The summed E-state index contributed by atoms with van der Waals surface area (Å²) in [5.74, 6) is 0. The van der Waals surface area contributed by atoms with Crippen molar-refractivity contribution in [2.75, 3.05) is 0 Å². The average molecular weight is 234 g/mol. The minimum atomic E-state index is -0.359. The van der Waals surface area contributed by atoms with Gasteiger partial charge in [-0.3, -0.25) is 0 Å². The van der Waals surface area contributed by atoms with E-state index in [1.54, 1.807) is 0 Å². The van der Waals surface area contributed by atoms with Gasteiger partial charge >= 0.3 is 7.12 Å². The lowest BCUT2D eigenvalue weighted by Gasteiger charge is -2.37. The van der Waals surface area contributed by atoms with Crippen molar-refractivity contribution < 1.29 is 9.31 Å². The molecule has 0 radical (unpaired) electrons. The van der Waals surface area contributed by atoms with E-state index >= 15 is 0 Å². The molecule has 4 heteroatoms. The Labute approximate surface area is 101 Å². The van der Waals surface area contributed by atoms with Crippen LogP contribution in [0.5, 0.6) is 0 Å². The van der Waals surface area contributed by atoms with Crippen molar-refractivity contribution in [1.29, 1.82) is 0 Å². The van der Waals surface area contributed by atoms with Crippen LogP contribution in [0.1, 0.15) is 26.3 Å². The van der Waals surface area contributed by atoms with Crippen molar-refractivity contribution in [3.63, 3.8) is 0 Å². The van der Waals surface area contributed by atoms with Crippen LogP contribution in [-0.2, 0) is 14.9 Å². The van der Waals surface area contributed by atoms with E-state index in [0.29, 0.717) is 0 Å². The zero-order valence-electron chi connectivity index (χ0n) is 10.7. The van der Waals surface area contributed by atoms with Gasteiger partial charge in [0.05, 0.1) is 5.60 Å². The molecule has 0 amide bonds. The molecule has 1 aromatic rings.